The highest BCUT2D eigenvalue weighted by atomic mass is 16.5. The van der Waals surface area contributed by atoms with E-state index in [4.69, 9.17) is 4.74 Å². The lowest BCUT2D eigenvalue weighted by Gasteiger charge is -2.22. The minimum Gasteiger partial charge on any atom is -0.497 e. The van der Waals surface area contributed by atoms with Crippen LogP contribution in [0.25, 0.3) is 0 Å². The summed E-state index contributed by atoms with van der Waals surface area (Å²) in [6.07, 6.45) is 1.22. The molecular formula is C16H18O5. The van der Waals surface area contributed by atoms with Gasteiger partial charge in [-0.25, -0.2) is 0 Å². The standard InChI is InChI=1S/C16H18O5/c1-20-11-4-6-12-10(9-11)3-5-13(16(12)19)14(17)7-8-15(18)21-2/h4,6,9,13H,3,5,7-8H2,1-2H3. The van der Waals surface area contributed by atoms with E-state index in [0.717, 1.165) is 5.56 Å². The van der Waals surface area contributed by atoms with Crippen LogP contribution in [0.5, 0.6) is 5.75 Å². The first kappa shape index (κ1) is 15.2. The molecule has 1 aliphatic carbocycles. The summed E-state index contributed by atoms with van der Waals surface area (Å²) < 4.78 is 9.64. The van der Waals surface area contributed by atoms with Gasteiger partial charge in [-0.1, -0.05) is 0 Å². The highest BCUT2D eigenvalue weighted by Gasteiger charge is 2.32. The molecule has 1 aromatic rings. The number of esters is 1. The van der Waals surface area contributed by atoms with Crippen LogP contribution in [0.1, 0.15) is 35.2 Å². The molecule has 1 unspecified atom stereocenters. The van der Waals surface area contributed by atoms with Crippen LogP contribution in [0.4, 0.5) is 0 Å². The van der Waals surface area contributed by atoms with Gasteiger partial charge in [-0.15, -0.1) is 0 Å². The summed E-state index contributed by atoms with van der Waals surface area (Å²) in [7, 11) is 2.85. The number of fused-ring (bicyclic) bond motifs is 1. The Bertz CT molecular complexity index is 576. The molecule has 5 heteroatoms. The van der Waals surface area contributed by atoms with E-state index in [1.807, 2.05) is 6.07 Å². The number of carbonyl (C=O) groups excluding carboxylic acids is 3. The van der Waals surface area contributed by atoms with Crippen LogP contribution in [0, 0.1) is 5.92 Å². The third-order valence-electron chi connectivity index (χ3n) is 3.79. The van der Waals surface area contributed by atoms with Crippen molar-refractivity contribution in [3.63, 3.8) is 0 Å². The maximum atomic E-state index is 12.4. The van der Waals surface area contributed by atoms with Gasteiger partial charge >= 0.3 is 5.97 Å². The molecule has 0 radical (unpaired) electrons. The predicted molar refractivity (Wildman–Crippen MR) is 75.4 cm³/mol. The SMILES string of the molecule is COC(=O)CCC(=O)C1CCc2cc(OC)ccc2C1=O. The number of rotatable bonds is 5. The summed E-state index contributed by atoms with van der Waals surface area (Å²) in [4.78, 5) is 35.6. The minimum absolute atomic E-state index is 0.0224. The van der Waals surface area contributed by atoms with Gasteiger partial charge in [0.1, 0.15) is 11.5 Å². The van der Waals surface area contributed by atoms with Crippen molar-refractivity contribution in [2.75, 3.05) is 14.2 Å². The van der Waals surface area contributed by atoms with Crippen LogP contribution >= 0.6 is 0 Å². The summed E-state index contributed by atoms with van der Waals surface area (Å²) >= 11 is 0. The number of ether oxygens (including phenoxy) is 2. The zero-order valence-corrected chi connectivity index (χ0v) is 12.2. The molecule has 0 saturated carbocycles. The fraction of sp³-hybridized carbons (Fsp3) is 0.438. The summed E-state index contributed by atoms with van der Waals surface area (Å²) in [6, 6.07) is 5.26. The van der Waals surface area contributed by atoms with E-state index in [9.17, 15) is 14.4 Å². The van der Waals surface area contributed by atoms with Gasteiger partial charge in [-0.2, -0.15) is 0 Å². The number of ketones is 2. The summed E-state index contributed by atoms with van der Waals surface area (Å²) in [6.45, 7) is 0. The first-order chi connectivity index (χ1) is 10.1. The van der Waals surface area contributed by atoms with Gasteiger partial charge in [0.2, 0.25) is 0 Å². The minimum atomic E-state index is -0.643. The molecule has 0 heterocycles. The first-order valence-corrected chi connectivity index (χ1v) is 6.87. The molecule has 0 aromatic heterocycles. The number of hydrogen-bond acceptors (Lipinski definition) is 5. The highest BCUT2D eigenvalue weighted by molar-refractivity contribution is 6.12. The van der Waals surface area contributed by atoms with E-state index in [0.29, 0.717) is 24.2 Å². The van der Waals surface area contributed by atoms with Crippen LogP contribution in [0.3, 0.4) is 0 Å². The molecule has 0 fully saturated rings. The molecule has 0 N–H and O–H groups in total. The molecule has 0 saturated heterocycles. The van der Waals surface area contributed by atoms with E-state index in [-0.39, 0.29) is 24.4 Å². The van der Waals surface area contributed by atoms with Crippen LogP contribution in [0.2, 0.25) is 0 Å². The average Bonchev–Trinajstić information content (AvgIpc) is 2.52. The zero-order chi connectivity index (χ0) is 15.4. The molecule has 5 nitrogen and oxygen atoms in total. The zero-order valence-electron chi connectivity index (χ0n) is 12.2. The van der Waals surface area contributed by atoms with Crippen molar-refractivity contribution >= 4 is 17.5 Å². The quantitative estimate of drug-likeness (QED) is 0.612. The number of Topliss-reactive ketones (excluding diaryl/α,β-unsaturated/α-hetero) is 2. The highest BCUT2D eigenvalue weighted by Crippen LogP contribution is 2.29. The summed E-state index contributed by atoms with van der Waals surface area (Å²) in [5.74, 6) is -0.718. The number of carbonyl (C=O) groups is 3. The third-order valence-corrected chi connectivity index (χ3v) is 3.79. The molecule has 1 atom stereocenters. The fourth-order valence-electron chi connectivity index (χ4n) is 2.57. The second-order valence-corrected chi connectivity index (χ2v) is 5.02. The van der Waals surface area contributed by atoms with Gasteiger partial charge in [-0.05, 0) is 36.6 Å². The van der Waals surface area contributed by atoms with Crippen LogP contribution in [0.15, 0.2) is 18.2 Å². The van der Waals surface area contributed by atoms with Crippen LogP contribution in [-0.2, 0) is 20.7 Å². The van der Waals surface area contributed by atoms with Crippen molar-refractivity contribution in [2.45, 2.75) is 25.7 Å². The second kappa shape index (κ2) is 6.52. The Balaban J connectivity index is 2.09. The number of hydrogen-bond donors (Lipinski definition) is 0. The van der Waals surface area contributed by atoms with Crippen molar-refractivity contribution in [1.29, 1.82) is 0 Å². The van der Waals surface area contributed by atoms with Crippen molar-refractivity contribution in [3.05, 3.63) is 29.3 Å². The van der Waals surface area contributed by atoms with Crippen molar-refractivity contribution in [1.82, 2.24) is 0 Å². The van der Waals surface area contributed by atoms with Crippen LogP contribution in [-0.4, -0.2) is 31.8 Å². The Kier molecular flexibility index (Phi) is 4.73. The fourth-order valence-corrected chi connectivity index (χ4v) is 2.57. The lowest BCUT2D eigenvalue weighted by atomic mass is 9.79. The summed E-state index contributed by atoms with van der Waals surface area (Å²) in [5, 5.41) is 0. The molecule has 0 spiro atoms. The lowest BCUT2D eigenvalue weighted by molar-refractivity contribution is -0.142. The Hall–Kier alpha value is -2.17. The number of aryl methyl sites for hydroxylation is 1. The maximum Gasteiger partial charge on any atom is 0.305 e. The van der Waals surface area contributed by atoms with E-state index >= 15 is 0 Å². The van der Waals surface area contributed by atoms with Gasteiger partial charge in [0.05, 0.1) is 26.6 Å². The van der Waals surface area contributed by atoms with Crippen molar-refractivity contribution < 1.29 is 23.9 Å². The third kappa shape index (κ3) is 3.29. The van der Waals surface area contributed by atoms with E-state index in [2.05, 4.69) is 4.74 Å². The van der Waals surface area contributed by atoms with Gasteiger partial charge in [-0.3, -0.25) is 14.4 Å². The molecular weight excluding hydrogens is 272 g/mol. The second-order valence-electron chi connectivity index (χ2n) is 5.02. The van der Waals surface area contributed by atoms with Gasteiger partial charge in [0, 0.05) is 12.0 Å². The Labute approximate surface area is 123 Å². The molecule has 112 valence electrons. The van der Waals surface area contributed by atoms with Crippen LogP contribution < -0.4 is 4.74 Å². The van der Waals surface area contributed by atoms with E-state index in [1.54, 1.807) is 19.2 Å². The first-order valence-electron chi connectivity index (χ1n) is 6.87. The van der Waals surface area contributed by atoms with E-state index < -0.39 is 11.9 Å². The van der Waals surface area contributed by atoms with Gasteiger partial charge in [0.15, 0.2) is 5.78 Å². The molecule has 1 aliphatic rings. The largest absolute Gasteiger partial charge is 0.497 e. The molecule has 0 aliphatic heterocycles. The maximum absolute atomic E-state index is 12.4. The predicted octanol–water partition coefficient (Wildman–Crippen LogP) is 1.96. The Morgan fingerprint density at radius 2 is 2.00 bits per heavy atom. The Morgan fingerprint density at radius 3 is 2.67 bits per heavy atom. The van der Waals surface area contributed by atoms with Gasteiger partial charge < -0.3 is 9.47 Å². The normalized spacial score (nSPS) is 17.0. The van der Waals surface area contributed by atoms with Crippen molar-refractivity contribution in [3.8, 4) is 5.75 Å². The topological polar surface area (TPSA) is 69.7 Å². The smallest absolute Gasteiger partial charge is 0.305 e. The number of methoxy groups -OCH3 is 2. The van der Waals surface area contributed by atoms with Crippen molar-refractivity contribution in [2.24, 2.45) is 5.92 Å². The number of benzene rings is 1. The Morgan fingerprint density at radius 1 is 1.24 bits per heavy atom. The molecule has 0 bridgehead atoms. The monoisotopic (exact) mass is 290 g/mol. The molecule has 0 amide bonds. The average molecular weight is 290 g/mol. The van der Waals surface area contributed by atoms with E-state index in [1.165, 1.54) is 7.11 Å². The summed E-state index contributed by atoms with van der Waals surface area (Å²) in [5.41, 5.74) is 1.50. The molecule has 21 heavy (non-hydrogen) atoms. The lowest BCUT2D eigenvalue weighted by Crippen LogP contribution is -2.29. The molecule has 2 rings (SSSR count). The van der Waals surface area contributed by atoms with Gasteiger partial charge in [0.25, 0.3) is 0 Å². The molecule has 1 aromatic carbocycles.